The largest absolute Gasteiger partial charge is 0.475 e. The predicted octanol–water partition coefficient (Wildman–Crippen LogP) is 27.6. The minimum Gasteiger partial charge on any atom is -0.475 e. The molecule has 11 heterocycles. The number of thioether (sulfide) groups is 2. The Morgan fingerprint density at radius 1 is 0.248 bits per heavy atom. The fraction of sp³-hybridized carbons (Fsp3) is 0.939. The predicted molar refractivity (Wildman–Crippen MR) is 509 cm³/mol. The van der Waals surface area contributed by atoms with Crippen LogP contribution in [0.15, 0.2) is 30.0 Å². The van der Waals surface area contributed by atoms with Gasteiger partial charge in [-0.25, -0.2) is 9.98 Å². The van der Waals surface area contributed by atoms with E-state index >= 15 is 0 Å². The van der Waals surface area contributed by atoms with Gasteiger partial charge in [0, 0.05) is 110 Å². The summed E-state index contributed by atoms with van der Waals surface area (Å²) >= 11 is 3.81. The number of ether oxygens (including phenoxy) is 2. The standard InChI is InChI=1S/C16H31N.C15H29N.2C12H24N2.2C11H21NO.2C11H21NS/c1-12(2)14(5,6)17-11-10-16(12,9)13(3,4)15(17,7)8;1-11(2)13(5,6)16-10-15(11,9)12(3,4)14(16,7)8;2*1-9-13-11(4,5)10(2,3)12(6,7)14(9)8;4*1-8-12-10(4,5)9(2,3)11(6,7)13-8/h10-11H2,1-9H3;10H2,1-9H3;2*1-8H3;4*1-7H3. The van der Waals surface area contributed by atoms with Gasteiger partial charge in [-0.2, -0.15) is 0 Å². The van der Waals surface area contributed by atoms with Crippen LogP contribution < -0.4 is 0 Å². The molecule has 113 heavy (non-hydrogen) atoms. The lowest BCUT2D eigenvalue weighted by Crippen LogP contribution is -2.82. The Morgan fingerprint density at radius 3 is 0.690 bits per heavy atom. The molecule has 0 atom stereocenters. The molecular weight excluding hydrogens is 1430 g/mol. The summed E-state index contributed by atoms with van der Waals surface area (Å²) in [6, 6.07) is 0. The van der Waals surface area contributed by atoms with Crippen LogP contribution in [0.3, 0.4) is 0 Å². The first-order valence-corrected chi connectivity index (χ1v) is 45.5. The summed E-state index contributed by atoms with van der Waals surface area (Å²) in [5, 5.41) is 2.43. The van der Waals surface area contributed by atoms with Crippen molar-refractivity contribution in [1.29, 1.82) is 0 Å². The van der Waals surface area contributed by atoms with Gasteiger partial charge >= 0.3 is 0 Å². The summed E-state index contributed by atoms with van der Waals surface area (Å²) in [4.78, 5) is 38.3. The first-order chi connectivity index (χ1) is 48.7. The van der Waals surface area contributed by atoms with Crippen LogP contribution in [0.25, 0.3) is 0 Å². The number of amidine groups is 2. The van der Waals surface area contributed by atoms with Gasteiger partial charge in [0.15, 0.2) is 11.8 Å². The zero-order chi connectivity index (χ0) is 91.0. The van der Waals surface area contributed by atoms with Crippen LogP contribution in [-0.4, -0.2) is 168 Å². The van der Waals surface area contributed by atoms with Crippen molar-refractivity contribution in [3.05, 3.63) is 0 Å². The summed E-state index contributed by atoms with van der Waals surface area (Å²) in [6.45, 7) is 140. The van der Waals surface area contributed by atoms with Crippen LogP contribution in [0.4, 0.5) is 0 Å². The van der Waals surface area contributed by atoms with E-state index in [9.17, 15) is 0 Å². The van der Waals surface area contributed by atoms with E-state index in [-0.39, 0.29) is 109 Å². The summed E-state index contributed by atoms with van der Waals surface area (Å²) in [5.41, 5.74) is 4.18. The monoisotopic (exact) mass is 1620 g/mol. The topological polar surface area (TPSA) is 106 Å². The zero-order valence-electron chi connectivity index (χ0n) is 87.2. The molecule has 0 amide bonds. The van der Waals surface area contributed by atoms with Crippen molar-refractivity contribution >= 4 is 57.1 Å². The summed E-state index contributed by atoms with van der Waals surface area (Å²) in [5.74, 6) is 3.88. The van der Waals surface area contributed by atoms with Crippen molar-refractivity contribution in [2.75, 3.05) is 27.2 Å². The average molecular weight is 1620 g/mol. The molecule has 0 aromatic rings. The Kier molecular flexibility index (Phi) is 27.7. The van der Waals surface area contributed by atoms with Crippen molar-refractivity contribution in [1.82, 2.24) is 19.6 Å². The lowest BCUT2D eigenvalue weighted by atomic mass is 9.37. The Bertz CT molecular complexity index is 3310. The van der Waals surface area contributed by atoms with Crippen molar-refractivity contribution in [3.63, 3.8) is 0 Å². The fourth-order valence-corrected chi connectivity index (χ4v) is 24.2. The van der Waals surface area contributed by atoms with Crippen molar-refractivity contribution in [2.45, 2.75) is 509 Å². The Hall–Kier alpha value is -2.16. The molecule has 5 fully saturated rings. The third kappa shape index (κ3) is 16.0. The molecule has 14 heteroatoms. The van der Waals surface area contributed by atoms with Crippen LogP contribution >= 0.6 is 23.5 Å². The van der Waals surface area contributed by atoms with Gasteiger partial charge in [-0.1, -0.05) is 152 Å². The zero-order valence-corrected chi connectivity index (χ0v) is 88.9. The highest BCUT2D eigenvalue weighted by Crippen LogP contribution is 2.75. The van der Waals surface area contributed by atoms with E-state index in [4.69, 9.17) is 29.4 Å². The summed E-state index contributed by atoms with van der Waals surface area (Å²) < 4.78 is 12.1. The molecule has 4 bridgehead atoms. The van der Waals surface area contributed by atoms with Gasteiger partial charge in [-0.15, -0.1) is 23.5 Å². The Labute approximate surface area is 712 Å². The van der Waals surface area contributed by atoms with E-state index in [0.717, 1.165) is 23.5 Å². The highest BCUT2D eigenvalue weighted by Gasteiger charge is 2.77. The second-order valence-corrected chi connectivity index (χ2v) is 54.2. The quantitative estimate of drug-likeness (QED) is 0.236. The van der Waals surface area contributed by atoms with E-state index < -0.39 is 0 Å². The number of rotatable bonds is 0. The molecule has 0 unspecified atom stereocenters. The minimum absolute atomic E-state index is 0.00704. The third-order valence-corrected chi connectivity index (χ3v) is 43.6. The maximum absolute atomic E-state index is 5.77. The first-order valence-electron chi connectivity index (χ1n) is 43.8. The number of hydrogen-bond acceptors (Lipinski definition) is 14. The normalized spacial score (nSPS) is 33.8. The molecule has 0 radical (unpaired) electrons. The van der Waals surface area contributed by atoms with Gasteiger partial charge < -0.3 is 19.3 Å². The molecule has 0 spiro atoms. The lowest BCUT2D eigenvalue weighted by molar-refractivity contribution is -0.293. The summed E-state index contributed by atoms with van der Waals surface area (Å²) in [6.07, 6.45) is 1.33. The summed E-state index contributed by atoms with van der Waals surface area (Å²) in [7, 11) is 4.27. The molecule has 0 aliphatic carbocycles. The smallest absolute Gasteiger partial charge is 0.181 e. The van der Waals surface area contributed by atoms with E-state index in [1.807, 2.05) is 37.4 Å². The second-order valence-electron chi connectivity index (χ2n) is 50.5. The van der Waals surface area contributed by atoms with Crippen molar-refractivity contribution < 1.29 is 9.47 Å². The second kappa shape index (κ2) is 29.8. The SMILES string of the molecule is CC1(C)N2CC(C)(C1(C)C)C(C)(C)C2(C)C.CC1(C)N2CCC(C)(C1(C)C)C(C)(C)C2(C)C.CC1=NC(C)(C)C(C)(C)C(C)(C)N1C.CC1=NC(C)(C)C(C)(C)C(C)(C)N1C.CC1=NC(C)(C)C(C)(C)C(C)(C)O1.CC1=NC(C)(C)C(C)(C)C(C)(C)O1.CC1=NC(C)(C)C(C)(C)C(C)(C)S1.CC1=NC(C)(C)C(C)(C)C(C)(C)S1. The molecular formula is C99H192N10O2S2. The molecule has 0 saturated carbocycles. The maximum atomic E-state index is 5.77. The molecule has 0 aromatic heterocycles. The highest BCUT2D eigenvalue weighted by molar-refractivity contribution is 8.15. The third-order valence-electron chi connectivity index (χ3n) is 40.8. The number of hydrogen-bond donors (Lipinski definition) is 0. The Morgan fingerprint density at radius 2 is 0.469 bits per heavy atom. The average Bonchev–Trinajstić information content (AvgIpc) is 1.50. The van der Waals surface area contributed by atoms with E-state index in [1.54, 1.807) is 0 Å². The van der Waals surface area contributed by atoms with Crippen LogP contribution in [-0.2, 0) is 9.47 Å². The minimum atomic E-state index is -0.150. The molecule has 11 rings (SSSR count). The number of aliphatic imine (C=N–C) groups is 6. The molecule has 662 valence electrons. The fourth-order valence-electron chi connectivity index (χ4n) is 21.2. The van der Waals surface area contributed by atoms with Gasteiger partial charge in [0.25, 0.3) is 0 Å². The van der Waals surface area contributed by atoms with Gasteiger partial charge in [-0.05, 0) is 295 Å². The van der Waals surface area contributed by atoms with Gasteiger partial charge in [0.2, 0.25) is 0 Å². The van der Waals surface area contributed by atoms with Crippen LogP contribution in [0.1, 0.15) is 422 Å². The van der Waals surface area contributed by atoms with Crippen LogP contribution in [0, 0.1) is 65.0 Å². The van der Waals surface area contributed by atoms with Crippen molar-refractivity contribution in [3.8, 4) is 0 Å². The number of nitrogens with zero attached hydrogens (tertiary/aromatic N) is 10. The molecule has 12 nitrogen and oxygen atoms in total. The maximum Gasteiger partial charge on any atom is 0.181 e. The lowest BCUT2D eigenvalue weighted by Gasteiger charge is -2.79. The molecule has 0 aromatic carbocycles. The molecule has 11 aliphatic rings. The highest BCUT2D eigenvalue weighted by atomic mass is 32.2. The van der Waals surface area contributed by atoms with Crippen LogP contribution in [0.5, 0.6) is 0 Å². The Balaban J connectivity index is 0.000000335. The van der Waals surface area contributed by atoms with Gasteiger partial charge in [-0.3, -0.25) is 29.8 Å². The van der Waals surface area contributed by atoms with Crippen LogP contribution in [0.2, 0.25) is 0 Å². The van der Waals surface area contributed by atoms with Gasteiger partial charge in [0.05, 0.1) is 55.0 Å². The molecule has 11 aliphatic heterocycles. The van der Waals surface area contributed by atoms with Crippen molar-refractivity contribution in [2.24, 2.45) is 94.9 Å². The van der Waals surface area contributed by atoms with E-state index in [1.165, 1.54) is 29.6 Å². The van der Waals surface area contributed by atoms with Gasteiger partial charge in [0.1, 0.15) is 11.2 Å². The molecule has 5 saturated heterocycles. The first kappa shape index (κ1) is 105. The number of fused-ring (bicyclic) bond motifs is 5. The van der Waals surface area contributed by atoms with E-state index in [0.29, 0.717) is 43.6 Å². The van der Waals surface area contributed by atoms with E-state index in [2.05, 4.69) is 445 Å². The number of piperidine rings is 4. The molecule has 0 N–H and O–H groups in total.